The number of aromatic nitrogens is 2. The number of ether oxygens (including phenoxy) is 1. The minimum Gasteiger partial charge on any atom is -0.482 e. The highest BCUT2D eigenvalue weighted by Gasteiger charge is 2.46. The average Bonchev–Trinajstić information content (AvgIpc) is 3.21. The zero-order valence-electron chi connectivity index (χ0n) is 17.1. The quantitative estimate of drug-likeness (QED) is 0.616. The number of carbonyl (C=O) groups excluding carboxylic acids is 1. The molecule has 2 aliphatic heterocycles. The van der Waals surface area contributed by atoms with Gasteiger partial charge in [0.05, 0.1) is 11.9 Å². The summed E-state index contributed by atoms with van der Waals surface area (Å²) in [6, 6.07) is 14.1. The molecule has 30 heavy (non-hydrogen) atoms. The fourth-order valence-corrected chi connectivity index (χ4v) is 4.59. The van der Waals surface area contributed by atoms with Crippen LogP contribution in [-0.2, 0) is 5.60 Å². The molecule has 0 atom stereocenters. The first-order valence-electron chi connectivity index (χ1n) is 10.4. The largest absolute Gasteiger partial charge is 0.482 e. The second-order valence-electron chi connectivity index (χ2n) is 8.34. The van der Waals surface area contributed by atoms with E-state index in [4.69, 9.17) is 4.74 Å². The third kappa shape index (κ3) is 2.90. The van der Waals surface area contributed by atoms with Crippen molar-refractivity contribution >= 4 is 5.91 Å². The molecule has 0 unspecified atom stereocenters. The van der Waals surface area contributed by atoms with Crippen LogP contribution in [0.2, 0.25) is 0 Å². The molecule has 5 rings (SSSR count). The van der Waals surface area contributed by atoms with E-state index >= 15 is 0 Å². The standard InChI is InChI=1S/C24H24FN3O2/c1-16(2)28-22-19-5-3-4-6-21(19)30-24(20(22)15-26-28)11-13-27(14-12-24)23(29)17-7-9-18(25)10-8-17/h3-10,15-16H,11-14H2,1-2H3. The van der Waals surface area contributed by atoms with Gasteiger partial charge in [-0.15, -0.1) is 0 Å². The highest BCUT2D eigenvalue weighted by molar-refractivity contribution is 5.94. The molecule has 0 saturated carbocycles. The molecule has 154 valence electrons. The van der Waals surface area contributed by atoms with E-state index in [1.165, 1.54) is 12.1 Å². The number of para-hydroxylation sites is 1. The number of fused-ring (bicyclic) bond motifs is 4. The third-order valence-corrected chi connectivity index (χ3v) is 6.17. The lowest BCUT2D eigenvalue weighted by Crippen LogP contribution is -2.49. The number of rotatable bonds is 2. The fraction of sp³-hybridized carbons (Fsp3) is 0.333. The summed E-state index contributed by atoms with van der Waals surface area (Å²) in [5.41, 5.74) is 3.30. The van der Waals surface area contributed by atoms with Gasteiger partial charge in [-0.25, -0.2) is 4.39 Å². The van der Waals surface area contributed by atoms with Crippen LogP contribution in [0.1, 0.15) is 48.7 Å². The number of halogens is 1. The summed E-state index contributed by atoms with van der Waals surface area (Å²) in [5, 5.41) is 4.68. The van der Waals surface area contributed by atoms with E-state index in [1.807, 2.05) is 29.3 Å². The maximum Gasteiger partial charge on any atom is 0.253 e. The monoisotopic (exact) mass is 405 g/mol. The first kappa shape index (κ1) is 18.9. The van der Waals surface area contributed by atoms with Gasteiger partial charge in [0.1, 0.15) is 17.2 Å². The molecule has 6 heteroatoms. The van der Waals surface area contributed by atoms with E-state index in [0.29, 0.717) is 31.5 Å². The molecule has 1 spiro atoms. The molecule has 3 aromatic rings. The lowest BCUT2D eigenvalue weighted by Gasteiger charge is -2.44. The Labute approximate surface area is 175 Å². The van der Waals surface area contributed by atoms with E-state index in [-0.39, 0.29) is 17.8 Å². The van der Waals surface area contributed by atoms with E-state index < -0.39 is 5.60 Å². The van der Waals surface area contributed by atoms with Crippen molar-refractivity contribution in [2.24, 2.45) is 0 Å². The highest BCUT2D eigenvalue weighted by Crippen LogP contribution is 2.50. The molecule has 3 heterocycles. The zero-order chi connectivity index (χ0) is 20.9. The fourth-order valence-electron chi connectivity index (χ4n) is 4.59. The predicted octanol–water partition coefficient (Wildman–Crippen LogP) is 4.79. The van der Waals surface area contributed by atoms with E-state index in [9.17, 15) is 9.18 Å². The van der Waals surface area contributed by atoms with Crippen LogP contribution in [0, 0.1) is 5.82 Å². The van der Waals surface area contributed by atoms with Gasteiger partial charge in [-0.05, 0) is 50.2 Å². The molecule has 1 fully saturated rings. The minimum atomic E-state index is -0.490. The van der Waals surface area contributed by atoms with Crippen LogP contribution in [-0.4, -0.2) is 33.7 Å². The molecule has 0 radical (unpaired) electrons. The lowest BCUT2D eigenvalue weighted by molar-refractivity contribution is -0.00177. The Hall–Kier alpha value is -3.15. The molecule has 2 aromatic carbocycles. The topological polar surface area (TPSA) is 47.4 Å². The van der Waals surface area contributed by atoms with Crippen LogP contribution in [0.15, 0.2) is 54.7 Å². The van der Waals surface area contributed by atoms with Crippen LogP contribution >= 0.6 is 0 Å². The molecule has 0 aliphatic carbocycles. The molecule has 5 nitrogen and oxygen atoms in total. The average molecular weight is 405 g/mol. The number of likely N-dealkylation sites (tertiary alicyclic amines) is 1. The smallest absolute Gasteiger partial charge is 0.253 e. The Balaban J connectivity index is 1.46. The van der Waals surface area contributed by atoms with Crippen molar-refractivity contribution in [1.82, 2.24) is 14.7 Å². The number of nitrogens with zero attached hydrogens (tertiary/aromatic N) is 3. The van der Waals surface area contributed by atoms with Crippen molar-refractivity contribution in [1.29, 1.82) is 0 Å². The van der Waals surface area contributed by atoms with E-state index in [1.54, 1.807) is 12.1 Å². The van der Waals surface area contributed by atoms with Gasteiger partial charge in [-0.2, -0.15) is 5.10 Å². The molecule has 0 bridgehead atoms. The van der Waals surface area contributed by atoms with Gasteiger partial charge < -0.3 is 9.64 Å². The summed E-state index contributed by atoms with van der Waals surface area (Å²) in [7, 11) is 0. The van der Waals surface area contributed by atoms with Crippen molar-refractivity contribution in [3.8, 4) is 17.0 Å². The zero-order valence-corrected chi connectivity index (χ0v) is 17.1. The molecule has 2 aliphatic rings. The molecule has 1 amide bonds. The Bertz CT molecular complexity index is 1100. The van der Waals surface area contributed by atoms with Crippen molar-refractivity contribution in [3.05, 3.63) is 71.7 Å². The Kier molecular flexibility index (Phi) is 4.38. The summed E-state index contributed by atoms with van der Waals surface area (Å²) in [5.74, 6) is 0.456. The molecule has 0 N–H and O–H groups in total. The molecular formula is C24H24FN3O2. The van der Waals surface area contributed by atoms with E-state index in [0.717, 1.165) is 22.6 Å². The second-order valence-corrected chi connectivity index (χ2v) is 8.34. The van der Waals surface area contributed by atoms with Crippen LogP contribution < -0.4 is 4.74 Å². The summed E-state index contributed by atoms with van der Waals surface area (Å²) in [4.78, 5) is 14.7. The van der Waals surface area contributed by atoms with Crippen LogP contribution in [0.25, 0.3) is 11.3 Å². The van der Waals surface area contributed by atoms with Gasteiger partial charge in [-0.1, -0.05) is 12.1 Å². The normalized spacial score (nSPS) is 16.9. The second kappa shape index (κ2) is 6.97. The first-order chi connectivity index (χ1) is 14.5. The number of hydrogen-bond donors (Lipinski definition) is 0. The Morgan fingerprint density at radius 2 is 1.80 bits per heavy atom. The maximum absolute atomic E-state index is 13.2. The van der Waals surface area contributed by atoms with Crippen molar-refractivity contribution in [3.63, 3.8) is 0 Å². The van der Waals surface area contributed by atoms with Crippen LogP contribution in [0.5, 0.6) is 5.75 Å². The van der Waals surface area contributed by atoms with Crippen LogP contribution in [0.4, 0.5) is 4.39 Å². The van der Waals surface area contributed by atoms with Crippen molar-refractivity contribution in [2.45, 2.75) is 38.3 Å². The minimum absolute atomic E-state index is 0.0702. The number of carbonyl (C=O) groups is 1. The van der Waals surface area contributed by atoms with Crippen molar-refractivity contribution < 1.29 is 13.9 Å². The third-order valence-electron chi connectivity index (χ3n) is 6.17. The molecule has 1 aromatic heterocycles. The summed E-state index contributed by atoms with van der Waals surface area (Å²) < 4.78 is 21.9. The van der Waals surface area contributed by atoms with Gasteiger partial charge in [0.25, 0.3) is 5.91 Å². The van der Waals surface area contributed by atoms with Gasteiger partial charge in [-0.3, -0.25) is 9.48 Å². The summed E-state index contributed by atoms with van der Waals surface area (Å²) in [6.45, 7) is 5.40. The number of amides is 1. The maximum atomic E-state index is 13.2. The summed E-state index contributed by atoms with van der Waals surface area (Å²) in [6.07, 6.45) is 3.30. The number of hydrogen-bond acceptors (Lipinski definition) is 3. The number of piperidine rings is 1. The SMILES string of the molecule is CC(C)n1ncc2c1-c1ccccc1OC21CCN(C(=O)c2ccc(F)cc2)CC1. The molecule has 1 saturated heterocycles. The Morgan fingerprint density at radius 1 is 1.10 bits per heavy atom. The van der Waals surface area contributed by atoms with Gasteiger partial charge >= 0.3 is 0 Å². The lowest BCUT2D eigenvalue weighted by atomic mass is 9.80. The summed E-state index contributed by atoms with van der Waals surface area (Å²) >= 11 is 0. The Morgan fingerprint density at radius 3 is 2.50 bits per heavy atom. The van der Waals surface area contributed by atoms with E-state index in [2.05, 4.69) is 29.7 Å². The highest BCUT2D eigenvalue weighted by atomic mass is 19.1. The predicted molar refractivity (Wildman–Crippen MR) is 112 cm³/mol. The first-order valence-corrected chi connectivity index (χ1v) is 10.4. The van der Waals surface area contributed by atoms with Gasteiger partial charge in [0, 0.05) is 48.7 Å². The van der Waals surface area contributed by atoms with Crippen LogP contribution in [0.3, 0.4) is 0 Å². The van der Waals surface area contributed by atoms with Crippen molar-refractivity contribution in [2.75, 3.05) is 13.1 Å². The molecular weight excluding hydrogens is 381 g/mol. The number of benzene rings is 2. The van der Waals surface area contributed by atoms with Gasteiger partial charge in [0.15, 0.2) is 0 Å². The van der Waals surface area contributed by atoms with Gasteiger partial charge in [0.2, 0.25) is 0 Å².